The van der Waals surface area contributed by atoms with Crippen molar-refractivity contribution in [1.29, 1.82) is 0 Å². The highest BCUT2D eigenvalue weighted by Crippen LogP contribution is 2.22. The molecule has 1 aromatic rings. The number of nitrogens with zero attached hydrogens (tertiary/aromatic N) is 1. The van der Waals surface area contributed by atoms with Gasteiger partial charge in [0.15, 0.2) is 0 Å². The van der Waals surface area contributed by atoms with E-state index >= 15 is 0 Å². The highest BCUT2D eigenvalue weighted by atomic mass is 16.2. The summed E-state index contributed by atoms with van der Waals surface area (Å²) >= 11 is 0. The molecule has 2 N–H and O–H groups in total. The Bertz CT molecular complexity index is 613. The fourth-order valence-corrected chi connectivity index (χ4v) is 2.86. The second kappa shape index (κ2) is 8.67. The van der Waals surface area contributed by atoms with Gasteiger partial charge in [-0.2, -0.15) is 0 Å². The van der Waals surface area contributed by atoms with E-state index in [1.165, 1.54) is 5.56 Å². The molecule has 0 bridgehead atoms. The number of carbonyl (C=O) groups excluding carboxylic acids is 2. The number of benzene rings is 1. The van der Waals surface area contributed by atoms with Crippen LogP contribution in [0, 0.1) is 5.41 Å². The molecule has 0 fully saturated rings. The smallest absolute Gasteiger partial charge is 0.251 e. The van der Waals surface area contributed by atoms with Crippen molar-refractivity contribution in [3.05, 3.63) is 35.4 Å². The number of rotatable bonds is 7. The standard InChI is InChI=1S/C21H35N3O2/c1-15(18(25)22-13-21(5,6)14-24(7)8)23-19(26)16-9-11-17(12-10-16)20(2,3)4/h9-12,15H,13-14H2,1-8H3,(H,22,25)(H,23,26). The predicted octanol–water partition coefficient (Wildman–Crippen LogP) is 2.81. The Morgan fingerprint density at radius 3 is 2.04 bits per heavy atom. The summed E-state index contributed by atoms with van der Waals surface area (Å²) in [6.07, 6.45) is 0. The molecule has 0 heterocycles. The largest absolute Gasteiger partial charge is 0.354 e. The molecule has 0 aliphatic rings. The summed E-state index contributed by atoms with van der Waals surface area (Å²) in [5.74, 6) is -0.405. The van der Waals surface area contributed by atoms with Gasteiger partial charge in [-0.1, -0.05) is 46.8 Å². The molecule has 5 heteroatoms. The van der Waals surface area contributed by atoms with Crippen LogP contribution in [0.2, 0.25) is 0 Å². The Morgan fingerprint density at radius 1 is 1.04 bits per heavy atom. The van der Waals surface area contributed by atoms with E-state index in [2.05, 4.69) is 50.2 Å². The van der Waals surface area contributed by atoms with Crippen molar-refractivity contribution in [2.24, 2.45) is 5.41 Å². The molecule has 0 saturated heterocycles. The van der Waals surface area contributed by atoms with Gasteiger partial charge in [-0.25, -0.2) is 0 Å². The summed E-state index contributed by atoms with van der Waals surface area (Å²) in [7, 11) is 4.02. The van der Waals surface area contributed by atoms with Crippen LogP contribution in [-0.2, 0) is 10.2 Å². The first-order valence-electron chi connectivity index (χ1n) is 9.16. The van der Waals surface area contributed by atoms with Crippen LogP contribution in [0.5, 0.6) is 0 Å². The quantitative estimate of drug-likeness (QED) is 0.785. The zero-order valence-corrected chi connectivity index (χ0v) is 17.6. The highest BCUT2D eigenvalue weighted by Gasteiger charge is 2.23. The predicted molar refractivity (Wildman–Crippen MR) is 107 cm³/mol. The molecule has 0 spiro atoms. The summed E-state index contributed by atoms with van der Waals surface area (Å²) in [4.78, 5) is 26.8. The maximum absolute atomic E-state index is 12.4. The van der Waals surface area contributed by atoms with Gasteiger partial charge in [-0.3, -0.25) is 9.59 Å². The van der Waals surface area contributed by atoms with Crippen LogP contribution in [-0.4, -0.2) is 49.9 Å². The van der Waals surface area contributed by atoms with E-state index in [-0.39, 0.29) is 22.6 Å². The van der Waals surface area contributed by atoms with Gasteiger partial charge in [0, 0.05) is 18.7 Å². The van der Waals surface area contributed by atoms with Crippen molar-refractivity contribution < 1.29 is 9.59 Å². The first-order valence-corrected chi connectivity index (χ1v) is 9.16. The van der Waals surface area contributed by atoms with Crippen LogP contribution < -0.4 is 10.6 Å². The first-order chi connectivity index (χ1) is 11.8. The van der Waals surface area contributed by atoms with Crippen LogP contribution in [0.15, 0.2) is 24.3 Å². The lowest BCUT2D eigenvalue weighted by molar-refractivity contribution is -0.123. The monoisotopic (exact) mass is 361 g/mol. The van der Waals surface area contributed by atoms with Crippen LogP contribution in [0.1, 0.15) is 57.5 Å². The minimum atomic E-state index is -0.583. The Hall–Kier alpha value is -1.88. The van der Waals surface area contributed by atoms with Crippen molar-refractivity contribution in [1.82, 2.24) is 15.5 Å². The second-order valence-electron chi connectivity index (χ2n) is 9.14. The number of amides is 2. The normalized spacial score (nSPS) is 13.4. The lowest BCUT2D eigenvalue weighted by Crippen LogP contribution is -2.48. The lowest BCUT2D eigenvalue weighted by atomic mass is 9.86. The average molecular weight is 362 g/mol. The molecule has 1 atom stereocenters. The molecule has 26 heavy (non-hydrogen) atoms. The van der Waals surface area contributed by atoms with E-state index in [9.17, 15) is 9.59 Å². The highest BCUT2D eigenvalue weighted by molar-refractivity contribution is 5.97. The third-order valence-electron chi connectivity index (χ3n) is 4.24. The third-order valence-corrected chi connectivity index (χ3v) is 4.24. The molecule has 5 nitrogen and oxygen atoms in total. The maximum atomic E-state index is 12.4. The molecular weight excluding hydrogens is 326 g/mol. The van der Waals surface area contributed by atoms with Crippen LogP contribution >= 0.6 is 0 Å². The Kier molecular flexibility index (Phi) is 7.39. The van der Waals surface area contributed by atoms with E-state index in [1.54, 1.807) is 19.1 Å². The van der Waals surface area contributed by atoms with Crippen molar-refractivity contribution in [2.75, 3.05) is 27.2 Å². The van der Waals surface area contributed by atoms with Gasteiger partial charge in [-0.15, -0.1) is 0 Å². The van der Waals surface area contributed by atoms with Crippen molar-refractivity contribution in [3.8, 4) is 0 Å². The summed E-state index contributed by atoms with van der Waals surface area (Å²) in [6, 6.07) is 6.95. The van der Waals surface area contributed by atoms with Crippen LogP contribution in [0.3, 0.4) is 0 Å². The second-order valence-corrected chi connectivity index (χ2v) is 9.14. The van der Waals surface area contributed by atoms with Crippen LogP contribution in [0.25, 0.3) is 0 Å². The molecule has 0 aliphatic heterocycles. The third kappa shape index (κ3) is 7.16. The van der Waals surface area contributed by atoms with Crippen molar-refractivity contribution >= 4 is 11.8 Å². The number of nitrogens with one attached hydrogen (secondary N) is 2. The molecule has 0 radical (unpaired) electrons. The number of carbonyl (C=O) groups is 2. The van der Waals surface area contributed by atoms with Gasteiger partial charge in [0.25, 0.3) is 5.91 Å². The number of hydrogen-bond donors (Lipinski definition) is 2. The molecule has 0 aliphatic carbocycles. The minimum absolute atomic E-state index is 0.0360. The van der Waals surface area contributed by atoms with E-state index < -0.39 is 6.04 Å². The van der Waals surface area contributed by atoms with Gasteiger partial charge in [0.2, 0.25) is 5.91 Å². The minimum Gasteiger partial charge on any atom is -0.354 e. The van der Waals surface area contributed by atoms with Gasteiger partial charge < -0.3 is 15.5 Å². The summed E-state index contributed by atoms with van der Waals surface area (Å²) < 4.78 is 0. The SMILES string of the molecule is CC(NC(=O)c1ccc(C(C)(C)C)cc1)C(=O)NCC(C)(C)CN(C)C. The molecular formula is C21H35N3O2. The molecule has 0 saturated carbocycles. The maximum Gasteiger partial charge on any atom is 0.251 e. The molecule has 2 amide bonds. The van der Waals surface area contributed by atoms with Gasteiger partial charge in [0.1, 0.15) is 6.04 Å². The summed E-state index contributed by atoms with van der Waals surface area (Å²) in [6.45, 7) is 13.7. The van der Waals surface area contributed by atoms with Crippen LogP contribution in [0.4, 0.5) is 0 Å². The molecule has 0 aromatic heterocycles. The van der Waals surface area contributed by atoms with Gasteiger partial charge >= 0.3 is 0 Å². The molecule has 146 valence electrons. The van der Waals surface area contributed by atoms with E-state index in [1.807, 2.05) is 26.2 Å². The Morgan fingerprint density at radius 2 is 1.58 bits per heavy atom. The zero-order valence-electron chi connectivity index (χ0n) is 17.6. The fraction of sp³-hybridized carbons (Fsp3) is 0.619. The molecule has 1 rings (SSSR count). The average Bonchev–Trinajstić information content (AvgIpc) is 2.50. The molecule has 1 aromatic carbocycles. The zero-order chi connectivity index (χ0) is 20.1. The Balaban J connectivity index is 2.59. The van der Waals surface area contributed by atoms with Crippen molar-refractivity contribution in [3.63, 3.8) is 0 Å². The fourth-order valence-electron chi connectivity index (χ4n) is 2.86. The number of hydrogen-bond acceptors (Lipinski definition) is 3. The Labute approximate surface area is 158 Å². The first kappa shape index (κ1) is 22.2. The van der Waals surface area contributed by atoms with E-state index in [0.29, 0.717) is 12.1 Å². The van der Waals surface area contributed by atoms with Gasteiger partial charge in [-0.05, 0) is 49.5 Å². The van der Waals surface area contributed by atoms with Crippen molar-refractivity contribution in [2.45, 2.75) is 53.0 Å². The summed E-state index contributed by atoms with van der Waals surface area (Å²) in [5.41, 5.74) is 1.74. The van der Waals surface area contributed by atoms with Gasteiger partial charge in [0.05, 0.1) is 0 Å². The van der Waals surface area contributed by atoms with E-state index in [4.69, 9.17) is 0 Å². The topological polar surface area (TPSA) is 61.4 Å². The van der Waals surface area contributed by atoms with E-state index in [0.717, 1.165) is 6.54 Å². The molecule has 1 unspecified atom stereocenters. The summed E-state index contributed by atoms with van der Waals surface area (Å²) in [5, 5.41) is 5.70. The lowest BCUT2D eigenvalue weighted by Gasteiger charge is -2.29.